The molecule has 1 spiro atoms. The van der Waals surface area contributed by atoms with Crippen LogP contribution in [0.5, 0.6) is 0 Å². The molecule has 2 aliphatic heterocycles. The van der Waals surface area contributed by atoms with E-state index in [9.17, 15) is 0 Å². The molecule has 12 heavy (non-hydrogen) atoms. The van der Waals surface area contributed by atoms with Crippen molar-refractivity contribution in [2.24, 2.45) is 16.6 Å². The molecule has 0 aromatic carbocycles. The highest BCUT2D eigenvalue weighted by Gasteiger charge is 2.41. The lowest BCUT2D eigenvalue weighted by atomic mass is 9.82. The highest BCUT2D eigenvalue weighted by Crippen LogP contribution is 2.28. The lowest BCUT2D eigenvalue weighted by molar-refractivity contribution is 0.00817. The second-order valence-electron chi connectivity index (χ2n) is 3.71. The summed E-state index contributed by atoms with van der Waals surface area (Å²) >= 11 is 0. The molecule has 2 atom stereocenters. The van der Waals surface area contributed by atoms with E-state index >= 15 is 0 Å². The summed E-state index contributed by atoms with van der Waals surface area (Å²) < 4.78 is 5.37. The average Bonchev–Trinajstić information content (AvgIpc) is 2.41. The fraction of sp³-hybridized carbons (Fsp3) is 0.875. The number of hydrogen-bond acceptors (Lipinski definition) is 4. The summed E-state index contributed by atoms with van der Waals surface area (Å²) in [5.41, 5.74) is 5.70. The first-order valence-corrected chi connectivity index (χ1v) is 4.39. The Balaban J connectivity index is 2.10. The maximum atomic E-state index is 5.60. The van der Waals surface area contributed by atoms with Crippen LogP contribution in [-0.2, 0) is 4.74 Å². The summed E-state index contributed by atoms with van der Waals surface area (Å²) in [7, 11) is 0. The molecule has 3 N–H and O–H groups in total. The van der Waals surface area contributed by atoms with E-state index in [4.69, 9.17) is 10.5 Å². The summed E-state index contributed by atoms with van der Waals surface area (Å²) in [5, 5.41) is 3.27. The summed E-state index contributed by atoms with van der Waals surface area (Å²) in [4.78, 5) is 4.19. The number of guanidine groups is 1. The molecule has 4 heteroatoms. The normalized spacial score (nSPS) is 41.1. The minimum absolute atomic E-state index is 0.0995. The minimum Gasteiger partial charge on any atom is -0.381 e. The van der Waals surface area contributed by atoms with E-state index in [2.05, 4.69) is 17.2 Å². The van der Waals surface area contributed by atoms with Crippen molar-refractivity contribution in [3.05, 3.63) is 0 Å². The number of hydrogen-bond donors (Lipinski definition) is 2. The Hall–Kier alpha value is -0.770. The summed E-state index contributed by atoms with van der Waals surface area (Å²) in [5.74, 6) is 1.08. The van der Waals surface area contributed by atoms with Crippen LogP contribution >= 0.6 is 0 Å². The average molecular weight is 169 g/mol. The van der Waals surface area contributed by atoms with Crippen molar-refractivity contribution in [1.29, 1.82) is 0 Å². The molecule has 0 radical (unpaired) electrons. The number of ether oxygens (including phenoxy) is 1. The molecule has 1 saturated heterocycles. The van der Waals surface area contributed by atoms with Gasteiger partial charge in [-0.3, -0.25) is 4.99 Å². The Morgan fingerprint density at radius 3 is 3.17 bits per heavy atom. The van der Waals surface area contributed by atoms with E-state index in [1.54, 1.807) is 0 Å². The smallest absolute Gasteiger partial charge is 0.189 e. The van der Waals surface area contributed by atoms with Crippen molar-refractivity contribution < 1.29 is 4.74 Å². The van der Waals surface area contributed by atoms with Crippen LogP contribution in [0.4, 0.5) is 0 Å². The number of nitrogens with one attached hydrogen (secondary N) is 1. The van der Waals surface area contributed by atoms with Crippen molar-refractivity contribution in [3.63, 3.8) is 0 Å². The molecule has 1 fully saturated rings. The maximum absolute atomic E-state index is 5.60. The van der Waals surface area contributed by atoms with E-state index in [0.29, 0.717) is 11.9 Å². The van der Waals surface area contributed by atoms with Gasteiger partial charge in [0.2, 0.25) is 0 Å². The predicted molar refractivity (Wildman–Crippen MR) is 47.0 cm³/mol. The molecule has 0 saturated carbocycles. The molecule has 0 aliphatic carbocycles. The van der Waals surface area contributed by atoms with Gasteiger partial charge in [-0.25, -0.2) is 0 Å². The van der Waals surface area contributed by atoms with Crippen LogP contribution in [0.1, 0.15) is 13.3 Å². The van der Waals surface area contributed by atoms with E-state index in [-0.39, 0.29) is 5.54 Å². The molecule has 2 aliphatic rings. The first-order valence-electron chi connectivity index (χ1n) is 4.39. The topological polar surface area (TPSA) is 59.6 Å². The molecule has 0 aromatic heterocycles. The third-order valence-corrected chi connectivity index (χ3v) is 2.91. The van der Waals surface area contributed by atoms with Gasteiger partial charge in [0.15, 0.2) is 5.96 Å². The minimum atomic E-state index is 0.0995. The fourth-order valence-corrected chi connectivity index (χ4v) is 1.90. The van der Waals surface area contributed by atoms with Crippen LogP contribution in [0.15, 0.2) is 4.99 Å². The fourth-order valence-electron chi connectivity index (χ4n) is 1.90. The second kappa shape index (κ2) is 2.62. The van der Waals surface area contributed by atoms with Crippen molar-refractivity contribution in [3.8, 4) is 0 Å². The van der Waals surface area contributed by atoms with Gasteiger partial charge < -0.3 is 15.8 Å². The summed E-state index contributed by atoms with van der Waals surface area (Å²) in [6.07, 6.45) is 1.01. The number of nitrogens with two attached hydrogens (primary N) is 1. The Bertz CT molecular complexity index is 216. The van der Waals surface area contributed by atoms with Crippen LogP contribution in [0.25, 0.3) is 0 Å². The molecular weight excluding hydrogens is 154 g/mol. The summed E-state index contributed by atoms with van der Waals surface area (Å²) in [6, 6.07) is 0. The zero-order valence-electron chi connectivity index (χ0n) is 7.34. The highest BCUT2D eigenvalue weighted by molar-refractivity contribution is 5.80. The first kappa shape index (κ1) is 7.86. The van der Waals surface area contributed by atoms with Gasteiger partial charge in [-0.15, -0.1) is 0 Å². The van der Waals surface area contributed by atoms with Gasteiger partial charge in [0.1, 0.15) is 0 Å². The first-order chi connectivity index (χ1) is 5.73. The summed E-state index contributed by atoms with van der Waals surface area (Å²) in [6.45, 7) is 4.62. The number of rotatable bonds is 0. The standard InChI is InChI=1S/C8H15N3O/c1-6-4-12-3-2-8(6)5-10-7(9)11-8/h6H,2-5H2,1H3,(H3,9,10,11). The van der Waals surface area contributed by atoms with Gasteiger partial charge in [0.25, 0.3) is 0 Å². The highest BCUT2D eigenvalue weighted by atomic mass is 16.5. The van der Waals surface area contributed by atoms with Crippen LogP contribution in [0.3, 0.4) is 0 Å². The largest absolute Gasteiger partial charge is 0.381 e. The van der Waals surface area contributed by atoms with Gasteiger partial charge in [0.05, 0.1) is 18.7 Å². The van der Waals surface area contributed by atoms with Crippen LogP contribution < -0.4 is 11.1 Å². The Morgan fingerprint density at radius 2 is 2.58 bits per heavy atom. The quantitative estimate of drug-likeness (QED) is 0.523. The Labute approximate surface area is 72.2 Å². The van der Waals surface area contributed by atoms with Gasteiger partial charge in [-0.2, -0.15) is 0 Å². The van der Waals surface area contributed by atoms with E-state index in [1.807, 2.05) is 0 Å². The van der Waals surface area contributed by atoms with Crippen molar-refractivity contribution >= 4 is 5.96 Å². The zero-order valence-corrected chi connectivity index (χ0v) is 7.34. The lowest BCUT2D eigenvalue weighted by Gasteiger charge is -2.38. The third-order valence-electron chi connectivity index (χ3n) is 2.91. The molecular formula is C8H15N3O. The SMILES string of the molecule is CC1COCCC12CN=C(N)N2. The predicted octanol–water partition coefficient (Wildman–Crippen LogP) is -0.300. The van der Waals surface area contributed by atoms with E-state index < -0.39 is 0 Å². The molecule has 2 heterocycles. The molecule has 0 amide bonds. The number of aliphatic imine (C=N–C) groups is 1. The van der Waals surface area contributed by atoms with Crippen LogP contribution in [-0.4, -0.2) is 31.3 Å². The monoisotopic (exact) mass is 169 g/mol. The van der Waals surface area contributed by atoms with Crippen LogP contribution in [0.2, 0.25) is 0 Å². The molecule has 0 aromatic rings. The van der Waals surface area contributed by atoms with E-state index in [1.165, 1.54) is 0 Å². The lowest BCUT2D eigenvalue weighted by Crippen LogP contribution is -2.56. The second-order valence-corrected chi connectivity index (χ2v) is 3.71. The van der Waals surface area contributed by atoms with Gasteiger partial charge in [-0.05, 0) is 6.42 Å². The van der Waals surface area contributed by atoms with E-state index in [0.717, 1.165) is 26.2 Å². The molecule has 68 valence electrons. The van der Waals surface area contributed by atoms with Crippen molar-refractivity contribution in [2.45, 2.75) is 18.9 Å². The maximum Gasteiger partial charge on any atom is 0.189 e. The molecule has 4 nitrogen and oxygen atoms in total. The number of nitrogens with zero attached hydrogens (tertiary/aromatic N) is 1. The van der Waals surface area contributed by atoms with Crippen LogP contribution in [0, 0.1) is 5.92 Å². The Morgan fingerprint density at radius 1 is 1.75 bits per heavy atom. The zero-order chi connectivity index (χ0) is 8.60. The van der Waals surface area contributed by atoms with Gasteiger partial charge >= 0.3 is 0 Å². The third kappa shape index (κ3) is 1.06. The molecule has 2 unspecified atom stereocenters. The van der Waals surface area contributed by atoms with Crippen molar-refractivity contribution in [1.82, 2.24) is 5.32 Å². The van der Waals surface area contributed by atoms with Gasteiger partial charge in [-0.1, -0.05) is 6.92 Å². The van der Waals surface area contributed by atoms with Gasteiger partial charge in [0, 0.05) is 12.5 Å². The molecule has 2 rings (SSSR count). The molecule has 0 bridgehead atoms. The van der Waals surface area contributed by atoms with Crippen molar-refractivity contribution in [2.75, 3.05) is 19.8 Å². The Kier molecular flexibility index (Phi) is 1.72.